The van der Waals surface area contributed by atoms with Crippen LogP contribution in [0, 0.1) is 17.7 Å². The minimum Gasteiger partial charge on any atom is -0.493 e. The van der Waals surface area contributed by atoms with Crippen molar-refractivity contribution < 1.29 is 18.7 Å². The van der Waals surface area contributed by atoms with Crippen molar-refractivity contribution in [2.75, 3.05) is 40.2 Å². The third kappa shape index (κ3) is 3.93. The molecule has 0 aromatic carbocycles. The van der Waals surface area contributed by atoms with Crippen LogP contribution < -0.4 is 14.8 Å². The number of ether oxygens (including phenoxy) is 2. The number of anilines is 1. The smallest absolute Gasteiger partial charge is 0.228 e. The highest BCUT2D eigenvalue weighted by atomic mass is 19.1. The molecule has 1 aliphatic carbocycles. The van der Waals surface area contributed by atoms with Crippen molar-refractivity contribution in [2.24, 2.45) is 18.9 Å². The highest BCUT2D eigenvalue weighted by molar-refractivity contribution is 5.96. The molecule has 2 atom stereocenters. The van der Waals surface area contributed by atoms with Gasteiger partial charge in [0.2, 0.25) is 11.8 Å². The molecular formula is C22H26FN5O3. The summed E-state index contributed by atoms with van der Waals surface area (Å²) < 4.78 is 26.8. The van der Waals surface area contributed by atoms with Crippen LogP contribution >= 0.6 is 0 Å². The summed E-state index contributed by atoms with van der Waals surface area (Å²) in [6.45, 7) is 0.901. The van der Waals surface area contributed by atoms with Crippen LogP contribution in [-0.4, -0.2) is 60.2 Å². The van der Waals surface area contributed by atoms with Gasteiger partial charge in [0.15, 0.2) is 11.6 Å². The molecular weight excluding hydrogens is 401 g/mol. The summed E-state index contributed by atoms with van der Waals surface area (Å²) in [5.41, 5.74) is 1.89. The van der Waals surface area contributed by atoms with E-state index in [-0.39, 0.29) is 23.5 Å². The molecule has 0 unspecified atom stereocenters. The number of nitrogens with one attached hydrogen (secondary N) is 1. The Hall–Kier alpha value is -3.20. The number of fused-ring (bicyclic) bond motifs is 1. The highest BCUT2D eigenvalue weighted by Gasteiger charge is 2.43. The van der Waals surface area contributed by atoms with Gasteiger partial charge in [-0.25, -0.2) is 14.4 Å². The summed E-state index contributed by atoms with van der Waals surface area (Å²) in [4.78, 5) is 23.1. The lowest BCUT2D eigenvalue weighted by Gasteiger charge is -2.13. The molecule has 1 fully saturated rings. The van der Waals surface area contributed by atoms with Crippen LogP contribution in [0.2, 0.25) is 0 Å². The quantitative estimate of drug-likeness (QED) is 0.625. The predicted octanol–water partition coefficient (Wildman–Crippen LogP) is 2.93. The van der Waals surface area contributed by atoms with Gasteiger partial charge in [0.25, 0.3) is 0 Å². The Kier molecular flexibility index (Phi) is 5.53. The summed E-state index contributed by atoms with van der Waals surface area (Å²) in [7, 11) is 8.74. The van der Waals surface area contributed by atoms with E-state index in [0.29, 0.717) is 23.0 Å². The van der Waals surface area contributed by atoms with E-state index in [1.165, 1.54) is 14.2 Å². The molecule has 31 heavy (non-hydrogen) atoms. The van der Waals surface area contributed by atoms with Gasteiger partial charge in [-0.2, -0.15) is 0 Å². The van der Waals surface area contributed by atoms with E-state index in [9.17, 15) is 9.18 Å². The van der Waals surface area contributed by atoms with E-state index in [0.717, 1.165) is 30.1 Å². The Morgan fingerprint density at radius 2 is 2.03 bits per heavy atom. The van der Waals surface area contributed by atoms with Crippen molar-refractivity contribution in [3.05, 3.63) is 30.3 Å². The molecule has 0 spiro atoms. The number of rotatable bonds is 7. The molecule has 1 aliphatic rings. The third-order valence-corrected chi connectivity index (χ3v) is 5.65. The molecule has 0 radical (unpaired) electrons. The standard InChI is InChI=1S/C22H26FN5O3/c1-27(2)11-13-6-14(13)21(29)26-18-8-12-7-16(28(3)17(12)10-24-18)19-20(30-4)15(23)9-25-22(19)31-5/h7-10,13-14H,6,11H2,1-5H3,(H,24,26,29)/t13-,14+/m1/s1. The molecule has 0 saturated heterocycles. The van der Waals surface area contributed by atoms with Crippen LogP contribution in [0.3, 0.4) is 0 Å². The van der Waals surface area contributed by atoms with E-state index in [4.69, 9.17) is 9.47 Å². The van der Waals surface area contributed by atoms with Gasteiger partial charge < -0.3 is 24.3 Å². The van der Waals surface area contributed by atoms with Gasteiger partial charge in [0.1, 0.15) is 11.4 Å². The number of nitrogens with zero attached hydrogens (tertiary/aromatic N) is 4. The van der Waals surface area contributed by atoms with Crippen LogP contribution in [-0.2, 0) is 11.8 Å². The minimum atomic E-state index is -0.577. The van der Waals surface area contributed by atoms with Gasteiger partial charge in [-0.1, -0.05) is 0 Å². The number of hydrogen-bond donors (Lipinski definition) is 1. The van der Waals surface area contributed by atoms with Crippen LogP contribution in [0.5, 0.6) is 11.6 Å². The second-order valence-electron chi connectivity index (χ2n) is 8.09. The molecule has 9 heteroatoms. The number of amides is 1. The first-order valence-corrected chi connectivity index (χ1v) is 10.0. The van der Waals surface area contributed by atoms with Crippen molar-refractivity contribution in [1.82, 2.24) is 19.4 Å². The number of aromatic nitrogens is 3. The number of aryl methyl sites for hydroxylation is 1. The number of halogens is 1. The Morgan fingerprint density at radius 1 is 1.26 bits per heavy atom. The summed E-state index contributed by atoms with van der Waals surface area (Å²) >= 11 is 0. The van der Waals surface area contributed by atoms with Crippen LogP contribution in [0.15, 0.2) is 24.5 Å². The lowest BCUT2D eigenvalue weighted by Crippen LogP contribution is -2.20. The molecule has 0 bridgehead atoms. The summed E-state index contributed by atoms with van der Waals surface area (Å²) in [5.74, 6) is 0.632. The fraction of sp³-hybridized carbons (Fsp3) is 0.409. The molecule has 1 N–H and O–H groups in total. The molecule has 3 heterocycles. The highest BCUT2D eigenvalue weighted by Crippen LogP contribution is 2.41. The largest absolute Gasteiger partial charge is 0.493 e. The van der Waals surface area contributed by atoms with Gasteiger partial charge in [-0.15, -0.1) is 0 Å². The second kappa shape index (κ2) is 8.14. The topological polar surface area (TPSA) is 81.5 Å². The molecule has 3 aromatic heterocycles. The SMILES string of the molecule is COc1ncc(F)c(OC)c1-c1cc2cc(NC(=O)[C@H]3C[C@@H]3CN(C)C)ncc2n1C. The van der Waals surface area contributed by atoms with Gasteiger partial charge >= 0.3 is 0 Å². The fourth-order valence-corrected chi connectivity index (χ4v) is 4.04. The summed E-state index contributed by atoms with van der Waals surface area (Å²) in [6, 6.07) is 3.69. The zero-order valence-corrected chi connectivity index (χ0v) is 18.3. The van der Waals surface area contributed by atoms with Crippen molar-refractivity contribution in [3.63, 3.8) is 0 Å². The molecule has 0 aliphatic heterocycles. The number of methoxy groups -OCH3 is 2. The average molecular weight is 427 g/mol. The van der Waals surface area contributed by atoms with E-state index >= 15 is 0 Å². The van der Waals surface area contributed by atoms with Gasteiger partial charge in [0, 0.05) is 24.9 Å². The van der Waals surface area contributed by atoms with Gasteiger partial charge in [-0.05, 0) is 38.6 Å². The van der Waals surface area contributed by atoms with Crippen LogP contribution in [0.1, 0.15) is 6.42 Å². The van der Waals surface area contributed by atoms with E-state index in [1.54, 1.807) is 6.20 Å². The molecule has 1 saturated carbocycles. The molecule has 1 amide bonds. The Balaban J connectivity index is 1.65. The predicted molar refractivity (Wildman–Crippen MR) is 116 cm³/mol. The zero-order valence-electron chi connectivity index (χ0n) is 18.3. The normalized spacial score (nSPS) is 17.8. The van der Waals surface area contributed by atoms with Crippen molar-refractivity contribution >= 4 is 22.6 Å². The van der Waals surface area contributed by atoms with Gasteiger partial charge in [-0.3, -0.25) is 4.79 Å². The molecule has 4 rings (SSSR count). The van der Waals surface area contributed by atoms with E-state index < -0.39 is 5.82 Å². The minimum absolute atomic E-state index is 0.00692. The van der Waals surface area contributed by atoms with E-state index in [2.05, 4.69) is 20.2 Å². The lowest BCUT2D eigenvalue weighted by molar-refractivity contribution is -0.117. The first kappa shape index (κ1) is 21.0. The second-order valence-corrected chi connectivity index (χ2v) is 8.09. The average Bonchev–Trinajstić information content (AvgIpc) is 3.42. The molecule has 164 valence electrons. The number of hydrogen-bond acceptors (Lipinski definition) is 6. The zero-order chi connectivity index (χ0) is 22.3. The molecule has 8 nitrogen and oxygen atoms in total. The fourth-order valence-electron chi connectivity index (χ4n) is 4.04. The number of carbonyl (C=O) groups is 1. The Bertz CT molecular complexity index is 1140. The summed E-state index contributed by atoms with van der Waals surface area (Å²) in [6.07, 6.45) is 3.65. The first-order chi connectivity index (χ1) is 14.8. The van der Waals surface area contributed by atoms with Crippen molar-refractivity contribution in [3.8, 4) is 22.9 Å². The molecule has 3 aromatic rings. The third-order valence-electron chi connectivity index (χ3n) is 5.65. The van der Waals surface area contributed by atoms with Crippen molar-refractivity contribution in [2.45, 2.75) is 6.42 Å². The monoisotopic (exact) mass is 427 g/mol. The summed E-state index contributed by atoms with van der Waals surface area (Å²) in [5, 5.41) is 3.77. The lowest BCUT2D eigenvalue weighted by atomic mass is 10.1. The Labute approximate surface area is 180 Å². The maximum atomic E-state index is 14.3. The number of carbonyl (C=O) groups excluding carboxylic acids is 1. The maximum Gasteiger partial charge on any atom is 0.228 e. The maximum absolute atomic E-state index is 14.3. The van der Waals surface area contributed by atoms with E-state index in [1.807, 2.05) is 37.8 Å². The van der Waals surface area contributed by atoms with Crippen molar-refractivity contribution in [1.29, 1.82) is 0 Å². The number of pyridine rings is 2. The van der Waals surface area contributed by atoms with Gasteiger partial charge in [0.05, 0.1) is 37.8 Å². The first-order valence-electron chi connectivity index (χ1n) is 10.0. The Morgan fingerprint density at radius 3 is 2.71 bits per heavy atom. The van der Waals surface area contributed by atoms with Crippen LogP contribution in [0.4, 0.5) is 10.2 Å². The van der Waals surface area contributed by atoms with Crippen LogP contribution in [0.25, 0.3) is 22.2 Å².